The molecule has 0 amide bonds. The van der Waals surface area contributed by atoms with Crippen LogP contribution in [0.2, 0.25) is 0 Å². The van der Waals surface area contributed by atoms with E-state index in [1.807, 2.05) is 0 Å². The molecule has 0 aliphatic rings. The molecular formula is C63H104O6. The zero-order chi connectivity index (χ0) is 50.0. The molecule has 0 rings (SSSR count). The molecule has 1 unspecified atom stereocenters. The largest absolute Gasteiger partial charge is 0.462 e. The lowest BCUT2D eigenvalue weighted by Gasteiger charge is -2.18. The van der Waals surface area contributed by atoms with E-state index in [0.717, 1.165) is 135 Å². The molecular weight excluding hydrogens is 853 g/mol. The zero-order valence-electron chi connectivity index (χ0n) is 44.8. The highest BCUT2D eigenvalue weighted by Crippen LogP contribution is 2.13. The third kappa shape index (κ3) is 54.9. The van der Waals surface area contributed by atoms with E-state index < -0.39 is 6.10 Å². The first kappa shape index (κ1) is 65.1. The molecule has 0 aromatic carbocycles. The van der Waals surface area contributed by atoms with Crippen molar-refractivity contribution in [3.63, 3.8) is 0 Å². The van der Waals surface area contributed by atoms with Gasteiger partial charge in [0.2, 0.25) is 0 Å². The van der Waals surface area contributed by atoms with Gasteiger partial charge in [0.15, 0.2) is 6.10 Å². The van der Waals surface area contributed by atoms with Gasteiger partial charge in [-0.25, -0.2) is 0 Å². The number of rotatable bonds is 50. The Balaban J connectivity index is 4.41. The van der Waals surface area contributed by atoms with Crippen LogP contribution in [0.15, 0.2) is 109 Å². The monoisotopic (exact) mass is 957 g/mol. The van der Waals surface area contributed by atoms with Crippen molar-refractivity contribution in [3.8, 4) is 0 Å². The van der Waals surface area contributed by atoms with Gasteiger partial charge in [0, 0.05) is 19.3 Å². The number of unbranched alkanes of at least 4 members (excludes halogenated alkanes) is 21. The second-order valence-electron chi connectivity index (χ2n) is 18.5. The average Bonchev–Trinajstić information content (AvgIpc) is 3.35. The molecule has 0 fully saturated rings. The minimum atomic E-state index is -0.801. The van der Waals surface area contributed by atoms with E-state index in [2.05, 4.69) is 130 Å². The Morgan fingerprint density at radius 1 is 0.304 bits per heavy atom. The Labute approximate surface area is 425 Å². The van der Waals surface area contributed by atoms with E-state index in [1.54, 1.807) is 0 Å². The van der Waals surface area contributed by atoms with E-state index in [-0.39, 0.29) is 31.1 Å². The minimum Gasteiger partial charge on any atom is -0.462 e. The lowest BCUT2D eigenvalue weighted by Crippen LogP contribution is -2.30. The third-order valence-corrected chi connectivity index (χ3v) is 11.7. The van der Waals surface area contributed by atoms with E-state index in [9.17, 15) is 14.4 Å². The number of hydrogen-bond acceptors (Lipinski definition) is 6. The maximum atomic E-state index is 12.8. The summed E-state index contributed by atoms with van der Waals surface area (Å²) in [4.78, 5) is 38.1. The highest BCUT2D eigenvalue weighted by molar-refractivity contribution is 5.71. The van der Waals surface area contributed by atoms with Crippen LogP contribution in [-0.2, 0) is 28.6 Å². The number of carbonyl (C=O) groups is 3. The average molecular weight is 958 g/mol. The van der Waals surface area contributed by atoms with E-state index in [1.165, 1.54) is 77.0 Å². The first-order valence-corrected chi connectivity index (χ1v) is 28.4. The van der Waals surface area contributed by atoms with Gasteiger partial charge in [-0.3, -0.25) is 14.4 Å². The number of esters is 3. The highest BCUT2D eigenvalue weighted by atomic mass is 16.6. The number of allylic oxidation sites excluding steroid dienone is 18. The summed E-state index contributed by atoms with van der Waals surface area (Å²) in [7, 11) is 0. The van der Waals surface area contributed by atoms with Gasteiger partial charge in [0.05, 0.1) is 0 Å². The standard InChI is InChI=1S/C63H104O6/c1-4-7-10-13-16-19-22-24-26-27-28-29-30-31-32-33-34-35-37-38-41-44-47-50-53-56-62(65)68-59-60(58-67-61(64)55-52-49-46-43-40-21-18-15-12-9-6-3)69-63(66)57-54-51-48-45-42-39-36-25-23-20-17-14-11-8-5-2/h7,10,15-16,18-19,24-26,28-29,31-32,34-36,38,41,60H,4-6,8-9,11-14,17,20-23,27,30,33,37,39-40,42-59H2,1-3H3/b10-7-,18-15-,19-16-,26-24-,29-28-,32-31-,35-34-,36-25-,41-38-. The van der Waals surface area contributed by atoms with Gasteiger partial charge in [0.25, 0.3) is 0 Å². The number of hydrogen-bond donors (Lipinski definition) is 0. The van der Waals surface area contributed by atoms with Crippen LogP contribution < -0.4 is 0 Å². The molecule has 0 bridgehead atoms. The summed E-state index contributed by atoms with van der Waals surface area (Å²) in [5.74, 6) is -0.951. The van der Waals surface area contributed by atoms with Crippen molar-refractivity contribution in [1.29, 1.82) is 0 Å². The van der Waals surface area contributed by atoms with Gasteiger partial charge in [-0.15, -0.1) is 0 Å². The summed E-state index contributed by atoms with van der Waals surface area (Å²) in [6.45, 7) is 6.43. The normalized spacial score (nSPS) is 12.9. The fraction of sp³-hybridized carbons (Fsp3) is 0.667. The van der Waals surface area contributed by atoms with Crippen molar-refractivity contribution in [2.45, 2.75) is 258 Å². The summed E-state index contributed by atoms with van der Waals surface area (Å²) in [6, 6.07) is 0. The van der Waals surface area contributed by atoms with Gasteiger partial charge in [0.1, 0.15) is 13.2 Å². The molecule has 0 spiro atoms. The SMILES string of the molecule is CC/C=C\C/C=C\C/C=C\C/C=C\C/C=C\C/C=C\C/C=C\CCCCCC(=O)OCC(COC(=O)CCCCCCC/C=C\CCCC)OC(=O)CCCCCCC/C=C\CCCCCCCC. The topological polar surface area (TPSA) is 78.9 Å². The van der Waals surface area contributed by atoms with Gasteiger partial charge in [-0.1, -0.05) is 220 Å². The van der Waals surface area contributed by atoms with Crippen LogP contribution >= 0.6 is 0 Å². The Kier molecular flexibility index (Phi) is 53.4. The molecule has 1 atom stereocenters. The van der Waals surface area contributed by atoms with Gasteiger partial charge < -0.3 is 14.2 Å². The third-order valence-electron chi connectivity index (χ3n) is 11.7. The smallest absolute Gasteiger partial charge is 0.306 e. The molecule has 69 heavy (non-hydrogen) atoms. The Morgan fingerprint density at radius 3 is 0.957 bits per heavy atom. The first-order chi connectivity index (χ1) is 34.0. The van der Waals surface area contributed by atoms with Gasteiger partial charge in [-0.05, 0) is 122 Å². The van der Waals surface area contributed by atoms with Crippen molar-refractivity contribution in [3.05, 3.63) is 109 Å². The van der Waals surface area contributed by atoms with Crippen molar-refractivity contribution in [1.82, 2.24) is 0 Å². The van der Waals surface area contributed by atoms with Gasteiger partial charge >= 0.3 is 17.9 Å². The van der Waals surface area contributed by atoms with Crippen LogP contribution in [-0.4, -0.2) is 37.2 Å². The maximum Gasteiger partial charge on any atom is 0.306 e. The Morgan fingerprint density at radius 2 is 0.580 bits per heavy atom. The van der Waals surface area contributed by atoms with Crippen molar-refractivity contribution >= 4 is 17.9 Å². The Bertz CT molecular complexity index is 1420. The van der Waals surface area contributed by atoms with Gasteiger partial charge in [-0.2, -0.15) is 0 Å². The van der Waals surface area contributed by atoms with Crippen LogP contribution in [0.4, 0.5) is 0 Å². The fourth-order valence-corrected chi connectivity index (χ4v) is 7.46. The molecule has 392 valence electrons. The predicted octanol–water partition coefficient (Wildman–Crippen LogP) is 19.1. The molecule has 0 aliphatic heterocycles. The maximum absolute atomic E-state index is 12.8. The number of carbonyl (C=O) groups excluding carboxylic acids is 3. The van der Waals surface area contributed by atoms with Crippen LogP contribution in [0.25, 0.3) is 0 Å². The molecule has 0 aliphatic carbocycles. The first-order valence-electron chi connectivity index (χ1n) is 28.4. The second kappa shape index (κ2) is 56.7. The predicted molar refractivity (Wildman–Crippen MR) is 297 cm³/mol. The second-order valence-corrected chi connectivity index (χ2v) is 18.5. The zero-order valence-corrected chi connectivity index (χ0v) is 44.8. The van der Waals surface area contributed by atoms with Crippen LogP contribution in [0, 0.1) is 0 Å². The van der Waals surface area contributed by atoms with Crippen molar-refractivity contribution in [2.75, 3.05) is 13.2 Å². The fourth-order valence-electron chi connectivity index (χ4n) is 7.46. The number of ether oxygens (including phenoxy) is 3. The molecule has 6 nitrogen and oxygen atoms in total. The van der Waals surface area contributed by atoms with E-state index >= 15 is 0 Å². The van der Waals surface area contributed by atoms with E-state index in [4.69, 9.17) is 14.2 Å². The molecule has 0 saturated carbocycles. The molecule has 0 heterocycles. The summed E-state index contributed by atoms with van der Waals surface area (Å²) in [5, 5.41) is 0. The molecule has 0 saturated heterocycles. The summed E-state index contributed by atoms with van der Waals surface area (Å²) < 4.78 is 16.8. The highest BCUT2D eigenvalue weighted by Gasteiger charge is 2.19. The lowest BCUT2D eigenvalue weighted by atomic mass is 10.1. The lowest BCUT2D eigenvalue weighted by molar-refractivity contribution is -0.167. The van der Waals surface area contributed by atoms with Crippen molar-refractivity contribution < 1.29 is 28.6 Å². The van der Waals surface area contributed by atoms with Crippen LogP contribution in [0.5, 0.6) is 0 Å². The summed E-state index contributed by atoms with van der Waals surface area (Å²) in [5.41, 5.74) is 0. The Hall–Kier alpha value is -3.93. The van der Waals surface area contributed by atoms with E-state index in [0.29, 0.717) is 19.3 Å². The van der Waals surface area contributed by atoms with Crippen LogP contribution in [0.1, 0.15) is 252 Å². The summed E-state index contributed by atoms with van der Waals surface area (Å²) >= 11 is 0. The molecule has 0 N–H and O–H groups in total. The molecule has 0 aromatic rings. The molecule has 0 radical (unpaired) electrons. The molecule has 0 aromatic heterocycles. The van der Waals surface area contributed by atoms with Crippen LogP contribution in [0.3, 0.4) is 0 Å². The molecule has 6 heteroatoms. The summed E-state index contributed by atoms with van der Waals surface area (Å²) in [6.07, 6.45) is 76.5. The minimum absolute atomic E-state index is 0.0977. The quantitative estimate of drug-likeness (QED) is 0.0262. The van der Waals surface area contributed by atoms with Crippen molar-refractivity contribution in [2.24, 2.45) is 0 Å².